The monoisotopic (exact) mass is 262 g/mol. The van der Waals surface area contributed by atoms with Crippen molar-refractivity contribution in [3.8, 4) is 0 Å². The Hall–Kier alpha value is -1.42. The quantitative estimate of drug-likeness (QED) is 0.578. The van der Waals surface area contributed by atoms with Gasteiger partial charge in [0, 0.05) is 26.1 Å². The van der Waals surface area contributed by atoms with E-state index in [-0.39, 0.29) is 0 Å². The van der Waals surface area contributed by atoms with E-state index in [2.05, 4.69) is 47.7 Å². The first-order valence-electron chi connectivity index (χ1n) is 6.92. The molecule has 0 atom stereocenters. The lowest BCUT2D eigenvalue weighted by Gasteiger charge is -2.22. The predicted octanol–water partition coefficient (Wildman–Crippen LogP) is 2.72. The first kappa shape index (κ1) is 15.6. The Labute approximate surface area is 117 Å². The molecule has 1 rings (SSSR count). The summed E-state index contributed by atoms with van der Waals surface area (Å²) in [5, 5.41) is 3.18. The minimum atomic E-state index is 0.357. The molecular weight excluding hydrogens is 236 g/mol. The standard InChI is InChI=1S/C15H26N4/c1-6-7-8-9-19(5)14-11-17-15(12(2)3)18-13(14)10-16-4/h6,11-12,16H,1,7-10H2,2-5H3. The zero-order valence-corrected chi connectivity index (χ0v) is 12.6. The first-order valence-corrected chi connectivity index (χ1v) is 6.92. The van der Waals surface area contributed by atoms with Crippen LogP contribution in [-0.2, 0) is 6.54 Å². The normalized spacial score (nSPS) is 10.8. The highest BCUT2D eigenvalue weighted by atomic mass is 15.1. The van der Waals surface area contributed by atoms with Gasteiger partial charge in [-0.1, -0.05) is 19.9 Å². The average molecular weight is 262 g/mol. The summed E-state index contributed by atoms with van der Waals surface area (Å²) in [5.74, 6) is 1.27. The molecule has 19 heavy (non-hydrogen) atoms. The number of nitrogens with one attached hydrogen (secondary N) is 1. The maximum atomic E-state index is 4.68. The van der Waals surface area contributed by atoms with Crippen LogP contribution in [0.2, 0.25) is 0 Å². The molecule has 0 saturated carbocycles. The Bertz CT molecular complexity index is 401. The zero-order valence-electron chi connectivity index (χ0n) is 12.6. The van der Waals surface area contributed by atoms with Gasteiger partial charge in [0.25, 0.3) is 0 Å². The van der Waals surface area contributed by atoms with Gasteiger partial charge in [-0.15, -0.1) is 6.58 Å². The molecule has 1 aromatic heterocycles. The van der Waals surface area contributed by atoms with E-state index < -0.39 is 0 Å². The molecule has 4 heteroatoms. The molecule has 4 nitrogen and oxygen atoms in total. The van der Waals surface area contributed by atoms with Crippen LogP contribution in [0.25, 0.3) is 0 Å². The van der Waals surface area contributed by atoms with E-state index in [0.29, 0.717) is 5.92 Å². The van der Waals surface area contributed by atoms with Gasteiger partial charge in [-0.3, -0.25) is 0 Å². The average Bonchev–Trinajstić information content (AvgIpc) is 2.39. The van der Waals surface area contributed by atoms with Crippen molar-refractivity contribution >= 4 is 5.69 Å². The highest BCUT2D eigenvalue weighted by molar-refractivity contribution is 5.48. The summed E-state index contributed by atoms with van der Waals surface area (Å²) in [6.07, 6.45) is 6.05. The molecule has 0 amide bonds. The summed E-state index contributed by atoms with van der Waals surface area (Å²) in [4.78, 5) is 11.4. The van der Waals surface area contributed by atoms with Crippen molar-refractivity contribution in [1.82, 2.24) is 15.3 Å². The fourth-order valence-corrected chi connectivity index (χ4v) is 1.91. The summed E-state index contributed by atoms with van der Waals surface area (Å²) in [6, 6.07) is 0. The minimum Gasteiger partial charge on any atom is -0.372 e. The van der Waals surface area contributed by atoms with Crippen LogP contribution < -0.4 is 10.2 Å². The van der Waals surface area contributed by atoms with Crippen LogP contribution in [0.4, 0.5) is 5.69 Å². The van der Waals surface area contributed by atoms with E-state index in [1.54, 1.807) is 0 Å². The summed E-state index contributed by atoms with van der Waals surface area (Å²) >= 11 is 0. The Balaban J connectivity index is 2.88. The van der Waals surface area contributed by atoms with Gasteiger partial charge in [0.15, 0.2) is 0 Å². The topological polar surface area (TPSA) is 41.1 Å². The zero-order chi connectivity index (χ0) is 14.3. The van der Waals surface area contributed by atoms with E-state index in [9.17, 15) is 0 Å². The molecule has 0 saturated heterocycles. The largest absolute Gasteiger partial charge is 0.372 e. The highest BCUT2D eigenvalue weighted by Crippen LogP contribution is 2.19. The second kappa shape index (κ2) is 7.89. The van der Waals surface area contributed by atoms with Crippen LogP contribution in [0.15, 0.2) is 18.9 Å². The Morgan fingerprint density at radius 1 is 1.47 bits per heavy atom. The lowest BCUT2D eigenvalue weighted by molar-refractivity contribution is 0.714. The highest BCUT2D eigenvalue weighted by Gasteiger charge is 2.12. The first-order chi connectivity index (χ1) is 9.10. The molecule has 0 aromatic carbocycles. The second-order valence-corrected chi connectivity index (χ2v) is 5.10. The molecule has 1 aromatic rings. The Morgan fingerprint density at radius 2 is 2.21 bits per heavy atom. The predicted molar refractivity (Wildman–Crippen MR) is 81.6 cm³/mol. The third-order valence-electron chi connectivity index (χ3n) is 3.04. The molecule has 0 aliphatic carbocycles. The summed E-state index contributed by atoms with van der Waals surface area (Å²) in [6.45, 7) is 9.75. The molecular formula is C15H26N4. The van der Waals surface area contributed by atoms with E-state index in [0.717, 1.165) is 43.1 Å². The van der Waals surface area contributed by atoms with Crippen LogP contribution in [-0.4, -0.2) is 30.6 Å². The fraction of sp³-hybridized carbons (Fsp3) is 0.600. The Morgan fingerprint density at radius 3 is 2.79 bits per heavy atom. The number of hydrogen-bond donors (Lipinski definition) is 1. The van der Waals surface area contributed by atoms with Gasteiger partial charge in [0.05, 0.1) is 17.6 Å². The van der Waals surface area contributed by atoms with Crippen molar-refractivity contribution < 1.29 is 0 Å². The maximum Gasteiger partial charge on any atom is 0.131 e. The van der Waals surface area contributed by atoms with Crippen LogP contribution in [0.3, 0.4) is 0 Å². The molecule has 0 unspecified atom stereocenters. The van der Waals surface area contributed by atoms with Crippen LogP contribution in [0, 0.1) is 0 Å². The van der Waals surface area contributed by atoms with Crippen molar-refractivity contribution in [1.29, 1.82) is 0 Å². The van der Waals surface area contributed by atoms with Crippen molar-refractivity contribution in [2.45, 2.75) is 39.2 Å². The number of hydrogen-bond acceptors (Lipinski definition) is 4. The van der Waals surface area contributed by atoms with E-state index in [4.69, 9.17) is 0 Å². The van der Waals surface area contributed by atoms with E-state index in [1.807, 2.05) is 19.3 Å². The number of rotatable bonds is 8. The lowest BCUT2D eigenvalue weighted by Crippen LogP contribution is -2.23. The van der Waals surface area contributed by atoms with Gasteiger partial charge in [-0.25, -0.2) is 9.97 Å². The van der Waals surface area contributed by atoms with Crippen molar-refractivity contribution in [2.24, 2.45) is 0 Å². The number of nitrogens with zero attached hydrogens (tertiary/aromatic N) is 3. The smallest absolute Gasteiger partial charge is 0.131 e. The molecule has 106 valence electrons. The third kappa shape index (κ3) is 4.63. The van der Waals surface area contributed by atoms with Gasteiger partial charge in [0.1, 0.15) is 5.82 Å². The lowest BCUT2D eigenvalue weighted by atomic mass is 10.2. The van der Waals surface area contributed by atoms with Crippen LogP contribution in [0.5, 0.6) is 0 Å². The van der Waals surface area contributed by atoms with Gasteiger partial charge < -0.3 is 10.2 Å². The second-order valence-electron chi connectivity index (χ2n) is 5.10. The van der Waals surface area contributed by atoms with Crippen molar-refractivity contribution in [2.75, 3.05) is 25.5 Å². The molecule has 0 aliphatic rings. The molecule has 0 fully saturated rings. The van der Waals surface area contributed by atoms with Gasteiger partial charge >= 0.3 is 0 Å². The van der Waals surface area contributed by atoms with Crippen LogP contribution in [0.1, 0.15) is 44.1 Å². The van der Waals surface area contributed by atoms with E-state index >= 15 is 0 Å². The molecule has 0 radical (unpaired) electrons. The van der Waals surface area contributed by atoms with Crippen LogP contribution >= 0.6 is 0 Å². The third-order valence-corrected chi connectivity index (χ3v) is 3.04. The summed E-state index contributed by atoms with van der Waals surface area (Å²) in [5.41, 5.74) is 2.19. The number of unbranched alkanes of at least 4 members (excludes halogenated alkanes) is 1. The SMILES string of the molecule is C=CCCCN(C)c1cnc(C(C)C)nc1CNC. The van der Waals surface area contributed by atoms with Gasteiger partial charge in [-0.05, 0) is 19.9 Å². The Kier molecular flexibility index (Phi) is 6.50. The summed E-state index contributed by atoms with van der Waals surface area (Å²) < 4.78 is 0. The number of allylic oxidation sites excluding steroid dienone is 1. The van der Waals surface area contributed by atoms with Crippen molar-refractivity contribution in [3.63, 3.8) is 0 Å². The van der Waals surface area contributed by atoms with Gasteiger partial charge in [-0.2, -0.15) is 0 Å². The fourth-order valence-electron chi connectivity index (χ4n) is 1.91. The molecule has 1 N–H and O–H groups in total. The minimum absolute atomic E-state index is 0.357. The van der Waals surface area contributed by atoms with E-state index in [1.165, 1.54) is 0 Å². The number of anilines is 1. The molecule has 0 aliphatic heterocycles. The molecule has 0 bridgehead atoms. The number of aromatic nitrogens is 2. The van der Waals surface area contributed by atoms with Crippen molar-refractivity contribution in [3.05, 3.63) is 30.4 Å². The molecule has 1 heterocycles. The molecule has 0 spiro atoms. The maximum absolute atomic E-state index is 4.68. The van der Waals surface area contributed by atoms with Gasteiger partial charge in [0.2, 0.25) is 0 Å². The summed E-state index contributed by atoms with van der Waals surface area (Å²) in [7, 11) is 4.04.